The lowest BCUT2D eigenvalue weighted by atomic mass is 9.88. The van der Waals surface area contributed by atoms with Crippen LogP contribution < -0.4 is 0 Å². The van der Waals surface area contributed by atoms with Crippen LogP contribution in [0.2, 0.25) is 0 Å². The van der Waals surface area contributed by atoms with Crippen molar-refractivity contribution in [3.05, 3.63) is 0 Å². The molecule has 1 aliphatic heterocycles. The predicted octanol–water partition coefficient (Wildman–Crippen LogP) is 3.31. The van der Waals surface area contributed by atoms with Crippen LogP contribution in [0, 0.1) is 5.92 Å². The van der Waals surface area contributed by atoms with Crippen LogP contribution in [0.5, 0.6) is 0 Å². The number of carbonyl (C=O) groups is 1. The second-order valence-electron chi connectivity index (χ2n) is 5.00. The Bertz CT molecular complexity index is 240. The van der Waals surface area contributed by atoms with Gasteiger partial charge in [-0.25, -0.2) is 0 Å². The Morgan fingerprint density at radius 1 is 1.41 bits per heavy atom. The molecule has 2 atom stereocenters. The minimum atomic E-state index is -0.406. The molecule has 0 aromatic heterocycles. The minimum absolute atomic E-state index is 0.0196. The number of rotatable bonds is 6. The van der Waals surface area contributed by atoms with Gasteiger partial charge in [0.1, 0.15) is 5.60 Å². The molecule has 1 aliphatic rings. The van der Waals surface area contributed by atoms with E-state index in [4.69, 9.17) is 9.47 Å². The van der Waals surface area contributed by atoms with Crippen LogP contribution in [0.4, 0.5) is 0 Å². The molecule has 17 heavy (non-hydrogen) atoms. The average molecular weight is 242 g/mol. The Kier molecular flexibility index (Phi) is 5.44. The number of hydrogen-bond donors (Lipinski definition) is 0. The van der Waals surface area contributed by atoms with Crippen molar-refractivity contribution in [1.29, 1.82) is 0 Å². The molecule has 0 aliphatic carbocycles. The van der Waals surface area contributed by atoms with Gasteiger partial charge in [-0.15, -0.1) is 0 Å². The topological polar surface area (TPSA) is 35.5 Å². The molecule has 1 rings (SSSR count). The summed E-state index contributed by atoms with van der Waals surface area (Å²) in [6, 6.07) is 0. The van der Waals surface area contributed by atoms with Gasteiger partial charge in [0.05, 0.1) is 12.0 Å². The smallest absolute Gasteiger partial charge is 0.309 e. The first kappa shape index (κ1) is 14.5. The summed E-state index contributed by atoms with van der Waals surface area (Å²) < 4.78 is 11.5. The van der Waals surface area contributed by atoms with E-state index in [0.29, 0.717) is 0 Å². The van der Waals surface area contributed by atoms with E-state index in [-0.39, 0.29) is 18.0 Å². The summed E-state index contributed by atoms with van der Waals surface area (Å²) in [5.74, 6) is -0.0967. The molecule has 0 aromatic carbocycles. The summed E-state index contributed by atoms with van der Waals surface area (Å²) in [6.45, 7) is 8.89. The third kappa shape index (κ3) is 3.21. The fourth-order valence-electron chi connectivity index (χ4n) is 2.38. The van der Waals surface area contributed by atoms with E-state index in [1.54, 1.807) is 0 Å². The lowest BCUT2D eigenvalue weighted by Crippen LogP contribution is -2.46. The quantitative estimate of drug-likeness (QED) is 0.670. The minimum Gasteiger partial charge on any atom is -0.456 e. The van der Waals surface area contributed by atoms with Crippen molar-refractivity contribution in [2.45, 2.75) is 71.5 Å². The van der Waals surface area contributed by atoms with Crippen molar-refractivity contribution in [3.63, 3.8) is 0 Å². The molecule has 0 radical (unpaired) electrons. The number of hydrogen-bond acceptors (Lipinski definition) is 3. The molecule has 2 unspecified atom stereocenters. The second-order valence-corrected chi connectivity index (χ2v) is 5.00. The van der Waals surface area contributed by atoms with Crippen LogP contribution in [0.3, 0.4) is 0 Å². The maximum absolute atomic E-state index is 12.0. The molecular weight excluding hydrogens is 216 g/mol. The normalized spacial score (nSPS) is 22.5. The molecule has 1 heterocycles. The van der Waals surface area contributed by atoms with E-state index >= 15 is 0 Å². The van der Waals surface area contributed by atoms with Crippen LogP contribution >= 0.6 is 0 Å². The number of carbonyl (C=O) groups excluding carboxylic acids is 1. The van der Waals surface area contributed by atoms with E-state index < -0.39 is 5.60 Å². The molecule has 0 amide bonds. The summed E-state index contributed by atoms with van der Waals surface area (Å²) in [6.07, 6.45) is 4.66. The highest BCUT2D eigenvalue weighted by Gasteiger charge is 2.42. The van der Waals surface area contributed by atoms with Gasteiger partial charge in [-0.05, 0) is 32.1 Å². The maximum Gasteiger partial charge on any atom is 0.309 e. The van der Waals surface area contributed by atoms with Crippen LogP contribution in [-0.2, 0) is 14.3 Å². The zero-order chi connectivity index (χ0) is 12.9. The molecule has 100 valence electrons. The first-order valence-corrected chi connectivity index (χ1v) is 6.94. The van der Waals surface area contributed by atoms with E-state index in [1.165, 1.54) is 0 Å². The van der Waals surface area contributed by atoms with E-state index in [2.05, 4.69) is 13.8 Å². The fraction of sp³-hybridized carbons (Fsp3) is 0.929. The number of esters is 1. The van der Waals surface area contributed by atoms with Gasteiger partial charge in [-0.1, -0.05) is 27.7 Å². The van der Waals surface area contributed by atoms with Gasteiger partial charge in [0.15, 0.2) is 0 Å². The monoisotopic (exact) mass is 242 g/mol. The zero-order valence-corrected chi connectivity index (χ0v) is 11.6. The Morgan fingerprint density at radius 3 is 2.47 bits per heavy atom. The highest BCUT2D eigenvalue weighted by molar-refractivity contribution is 5.72. The third-order valence-corrected chi connectivity index (χ3v) is 4.03. The average Bonchev–Trinajstić information content (AvgIpc) is 2.89. The first-order chi connectivity index (χ1) is 8.09. The molecule has 0 spiro atoms. The second kappa shape index (κ2) is 6.39. The maximum atomic E-state index is 12.0. The van der Waals surface area contributed by atoms with Crippen molar-refractivity contribution in [2.24, 2.45) is 5.92 Å². The summed E-state index contributed by atoms with van der Waals surface area (Å²) in [4.78, 5) is 12.0. The highest BCUT2D eigenvalue weighted by Crippen LogP contribution is 2.34. The van der Waals surface area contributed by atoms with Gasteiger partial charge in [0, 0.05) is 6.61 Å². The van der Waals surface area contributed by atoms with Crippen molar-refractivity contribution >= 4 is 5.97 Å². The van der Waals surface area contributed by atoms with Gasteiger partial charge < -0.3 is 9.47 Å². The van der Waals surface area contributed by atoms with Crippen LogP contribution in [-0.4, -0.2) is 24.3 Å². The Labute approximate surface area is 105 Å². The SMILES string of the molecule is CCC(C)C(=O)OC(CC)(CC)C1CCCO1. The van der Waals surface area contributed by atoms with Gasteiger partial charge in [0.2, 0.25) is 0 Å². The van der Waals surface area contributed by atoms with Crippen LogP contribution in [0.1, 0.15) is 59.8 Å². The van der Waals surface area contributed by atoms with Crippen molar-refractivity contribution < 1.29 is 14.3 Å². The molecule has 0 aromatic rings. The Balaban J connectivity index is 2.73. The van der Waals surface area contributed by atoms with Crippen molar-refractivity contribution in [3.8, 4) is 0 Å². The third-order valence-electron chi connectivity index (χ3n) is 4.03. The van der Waals surface area contributed by atoms with Gasteiger partial charge in [-0.2, -0.15) is 0 Å². The summed E-state index contributed by atoms with van der Waals surface area (Å²) in [7, 11) is 0. The van der Waals surface area contributed by atoms with E-state index in [0.717, 1.165) is 38.7 Å². The first-order valence-electron chi connectivity index (χ1n) is 6.94. The molecule has 3 nitrogen and oxygen atoms in total. The Morgan fingerprint density at radius 2 is 2.06 bits per heavy atom. The van der Waals surface area contributed by atoms with Gasteiger partial charge in [-0.3, -0.25) is 4.79 Å². The van der Waals surface area contributed by atoms with Crippen molar-refractivity contribution in [1.82, 2.24) is 0 Å². The van der Waals surface area contributed by atoms with E-state index in [9.17, 15) is 4.79 Å². The molecule has 0 N–H and O–H groups in total. The molecule has 0 bridgehead atoms. The number of ether oxygens (including phenoxy) is 2. The molecule has 1 fully saturated rings. The summed E-state index contributed by atoms with van der Waals surface area (Å²) in [5.41, 5.74) is -0.406. The molecular formula is C14H26O3. The largest absolute Gasteiger partial charge is 0.456 e. The zero-order valence-electron chi connectivity index (χ0n) is 11.6. The highest BCUT2D eigenvalue weighted by atomic mass is 16.6. The fourth-order valence-corrected chi connectivity index (χ4v) is 2.38. The molecule has 0 saturated carbocycles. The lowest BCUT2D eigenvalue weighted by molar-refractivity contribution is -0.181. The van der Waals surface area contributed by atoms with Crippen molar-refractivity contribution in [2.75, 3.05) is 6.61 Å². The predicted molar refractivity (Wildman–Crippen MR) is 67.8 cm³/mol. The van der Waals surface area contributed by atoms with Gasteiger partial charge in [0.25, 0.3) is 0 Å². The Hall–Kier alpha value is -0.570. The molecule has 3 heteroatoms. The van der Waals surface area contributed by atoms with Crippen LogP contribution in [0.25, 0.3) is 0 Å². The van der Waals surface area contributed by atoms with E-state index in [1.807, 2.05) is 13.8 Å². The summed E-state index contributed by atoms with van der Waals surface area (Å²) >= 11 is 0. The lowest BCUT2D eigenvalue weighted by Gasteiger charge is -2.37. The summed E-state index contributed by atoms with van der Waals surface area (Å²) in [5, 5.41) is 0. The standard InChI is InChI=1S/C14H26O3/c1-5-11(4)13(15)17-14(6-2,7-3)12-9-8-10-16-12/h11-12H,5-10H2,1-4H3. The van der Waals surface area contributed by atoms with Gasteiger partial charge >= 0.3 is 5.97 Å². The molecule has 1 saturated heterocycles. The van der Waals surface area contributed by atoms with Crippen LogP contribution in [0.15, 0.2) is 0 Å².